The van der Waals surface area contributed by atoms with Crippen LogP contribution >= 0.6 is 0 Å². The van der Waals surface area contributed by atoms with Crippen LogP contribution in [0, 0.1) is 17.2 Å². The first-order valence-electron chi connectivity index (χ1n) is 10.5. The van der Waals surface area contributed by atoms with E-state index in [0.717, 1.165) is 27.9 Å². The van der Waals surface area contributed by atoms with E-state index in [-0.39, 0.29) is 11.8 Å². The van der Waals surface area contributed by atoms with E-state index >= 15 is 0 Å². The van der Waals surface area contributed by atoms with Gasteiger partial charge >= 0.3 is 0 Å². The number of carbonyl (C=O) groups is 1. The monoisotopic (exact) mass is 440 g/mol. The molecule has 9 heteroatoms. The van der Waals surface area contributed by atoms with E-state index in [1.54, 1.807) is 34.6 Å². The summed E-state index contributed by atoms with van der Waals surface area (Å²) in [5.74, 6) is 0.416. The Morgan fingerprint density at radius 2 is 2.12 bits per heavy atom. The zero-order valence-electron chi connectivity index (χ0n) is 18.5. The van der Waals surface area contributed by atoms with Crippen molar-refractivity contribution in [2.24, 2.45) is 13.0 Å². The number of hydrogen-bond donors (Lipinski definition) is 2. The van der Waals surface area contributed by atoms with Gasteiger partial charge < -0.3 is 10.6 Å². The third kappa shape index (κ3) is 4.60. The number of nitrogens with one attached hydrogen (secondary N) is 2. The molecule has 4 aromatic heterocycles. The Hall–Kier alpha value is -4.45. The van der Waals surface area contributed by atoms with Crippen molar-refractivity contribution in [1.82, 2.24) is 29.7 Å². The van der Waals surface area contributed by atoms with Crippen LogP contribution in [0.15, 0.2) is 61.7 Å². The summed E-state index contributed by atoms with van der Waals surface area (Å²) < 4.78 is 3.45. The van der Waals surface area contributed by atoms with Crippen molar-refractivity contribution in [2.45, 2.75) is 6.92 Å². The van der Waals surface area contributed by atoms with Crippen LogP contribution < -0.4 is 10.6 Å². The Morgan fingerprint density at radius 1 is 1.27 bits per heavy atom. The molecule has 0 saturated heterocycles. The van der Waals surface area contributed by atoms with Crippen LogP contribution in [0.5, 0.6) is 0 Å². The van der Waals surface area contributed by atoms with Crippen molar-refractivity contribution in [3.05, 3.63) is 67.3 Å². The van der Waals surface area contributed by atoms with Crippen molar-refractivity contribution in [3.63, 3.8) is 0 Å². The lowest BCUT2D eigenvalue weighted by molar-refractivity contribution is -0.123. The van der Waals surface area contributed by atoms with Crippen molar-refractivity contribution in [3.8, 4) is 28.5 Å². The second kappa shape index (κ2) is 9.36. The number of pyridine rings is 2. The number of hydrogen-bond acceptors (Lipinski definition) is 6. The third-order valence-corrected chi connectivity index (χ3v) is 5.31. The van der Waals surface area contributed by atoms with Gasteiger partial charge in [-0.15, -0.1) is 6.58 Å². The number of anilines is 1. The molecule has 0 radical (unpaired) electrons. The Kier molecular flexibility index (Phi) is 6.17. The molecule has 1 amide bonds. The maximum atomic E-state index is 11.8. The lowest BCUT2D eigenvalue weighted by Crippen LogP contribution is -2.32. The minimum atomic E-state index is -0.219. The Labute approximate surface area is 191 Å². The summed E-state index contributed by atoms with van der Waals surface area (Å²) in [4.78, 5) is 16.3. The number of nitrogens with zero attached hydrogens (tertiary/aromatic N) is 6. The van der Waals surface area contributed by atoms with Crippen LogP contribution in [0.1, 0.15) is 12.5 Å². The van der Waals surface area contributed by atoms with E-state index < -0.39 is 0 Å². The van der Waals surface area contributed by atoms with Gasteiger partial charge in [-0.2, -0.15) is 15.5 Å². The van der Waals surface area contributed by atoms with Gasteiger partial charge in [0.05, 0.1) is 28.9 Å². The van der Waals surface area contributed by atoms with Gasteiger partial charge in [-0.3, -0.25) is 9.48 Å². The maximum absolute atomic E-state index is 11.8. The summed E-state index contributed by atoms with van der Waals surface area (Å²) in [5, 5.41) is 24.4. The smallest absolute Gasteiger partial charge is 0.226 e. The quantitative estimate of drug-likeness (QED) is 0.322. The highest BCUT2D eigenvalue weighted by Crippen LogP contribution is 2.31. The van der Waals surface area contributed by atoms with E-state index in [4.69, 9.17) is 0 Å². The molecule has 0 fully saturated rings. The van der Waals surface area contributed by atoms with Gasteiger partial charge in [-0.1, -0.05) is 13.0 Å². The average Bonchev–Trinajstić information content (AvgIpc) is 3.46. The van der Waals surface area contributed by atoms with Crippen molar-refractivity contribution in [1.29, 1.82) is 5.26 Å². The Bertz CT molecular complexity index is 1340. The molecular formula is C24H24N8O. The fraction of sp³-hybridized carbons (Fsp3) is 0.208. The zero-order valence-corrected chi connectivity index (χ0v) is 18.5. The molecule has 0 aliphatic heterocycles. The Balaban J connectivity index is 1.57. The summed E-state index contributed by atoms with van der Waals surface area (Å²) in [6.07, 6.45) is 8.68. The van der Waals surface area contributed by atoms with Gasteiger partial charge in [0.1, 0.15) is 11.9 Å². The number of fused-ring (bicyclic) bond motifs is 1. The van der Waals surface area contributed by atoms with Gasteiger partial charge in [0.15, 0.2) is 0 Å². The van der Waals surface area contributed by atoms with E-state index in [2.05, 4.69) is 38.5 Å². The van der Waals surface area contributed by atoms with Crippen molar-refractivity contribution >= 4 is 17.2 Å². The first-order chi connectivity index (χ1) is 16.0. The fourth-order valence-electron chi connectivity index (χ4n) is 3.43. The van der Waals surface area contributed by atoms with Crippen molar-refractivity contribution in [2.75, 3.05) is 18.4 Å². The molecule has 0 bridgehead atoms. The molecule has 1 atom stereocenters. The number of carbonyl (C=O) groups excluding carboxylic acids is 1. The maximum Gasteiger partial charge on any atom is 0.226 e. The van der Waals surface area contributed by atoms with E-state index in [0.29, 0.717) is 24.5 Å². The van der Waals surface area contributed by atoms with Gasteiger partial charge in [0.2, 0.25) is 5.91 Å². The highest BCUT2D eigenvalue weighted by molar-refractivity contribution is 5.87. The summed E-state index contributed by atoms with van der Waals surface area (Å²) in [6, 6.07) is 9.96. The second-order valence-electron chi connectivity index (χ2n) is 7.65. The second-order valence-corrected chi connectivity index (χ2v) is 7.65. The summed E-state index contributed by atoms with van der Waals surface area (Å²) >= 11 is 0. The van der Waals surface area contributed by atoms with Crippen LogP contribution in [0.3, 0.4) is 0 Å². The topological polar surface area (TPSA) is 113 Å². The molecule has 9 nitrogen and oxygen atoms in total. The molecule has 0 aliphatic carbocycles. The molecule has 4 heterocycles. The molecule has 4 aromatic rings. The van der Waals surface area contributed by atoms with Gasteiger partial charge in [-0.05, 0) is 24.3 Å². The Morgan fingerprint density at radius 3 is 2.79 bits per heavy atom. The van der Waals surface area contributed by atoms with E-state index in [9.17, 15) is 10.1 Å². The molecule has 0 saturated carbocycles. The average molecular weight is 441 g/mol. The molecule has 0 spiro atoms. The number of rotatable bonds is 8. The first kappa shape index (κ1) is 21.8. The van der Waals surface area contributed by atoms with Crippen LogP contribution in [-0.4, -0.2) is 43.4 Å². The normalized spacial score (nSPS) is 11.7. The minimum absolute atomic E-state index is 0.0546. The van der Waals surface area contributed by atoms with Crippen LogP contribution in [0.2, 0.25) is 0 Å². The molecular weight excluding hydrogens is 416 g/mol. The zero-order chi connectivity index (χ0) is 23.4. The minimum Gasteiger partial charge on any atom is -0.368 e. The largest absolute Gasteiger partial charge is 0.368 e. The van der Waals surface area contributed by atoms with Crippen molar-refractivity contribution < 1.29 is 4.79 Å². The molecule has 4 rings (SSSR count). The van der Waals surface area contributed by atoms with E-state index in [1.807, 2.05) is 43.7 Å². The third-order valence-electron chi connectivity index (χ3n) is 5.31. The highest BCUT2D eigenvalue weighted by atomic mass is 16.1. The molecule has 0 aromatic carbocycles. The van der Waals surface area contributed by atoms with Gasteiger partial charge in [0, 0.05) is 55.4 Å². The molecule has 1 unspecified atom stereocenters. The van der Waals surface area contributed by atoms with Gasteiger partial charge in [-0.25, -0.2) is 9.50 Å². The lowest BCUT2D eigenvalue weighted by Gasteiger charge is -2.11. The molecule has 166 valence electrons. The molecule has 33 heavy (non-hydrogen) atoms. The fourth-order valence-corrected chi connectivity index (χ4v) is 3.43. The molecule has 2 N–H and O–H groups in total. The number of aryl methyl sites for hydroxylation is 1. The lowest BCUT2D eigenvalue weighted by atomic mass is 10.0. The predicted octanol–water partition coefficient (Wildman–Crippen LogP) is 3.02. The summed E-state index contributed by atoms with van der Waals surface area (Å²) in [7, 11) is 1.87. The summed E-state index contributed by atoms with van der Waals surface area (Å²) in [5.41, 5.74) is 4.61. The van der Waals surface area contributed by atoms with Crippen LogP contribution in [0.4, 0.5) is 5.82 Å². The number of amides is 1. The first-order valence-corrected chi connectivity index (χ1v) is 10.5. The predicted molar refractivity (Wildman–Crippen MR) is 126 cm³/mol. The molecule has 0 aliphatic rings. The standard InChI is InChI=1S/C24H24N8O/c1-4-16(2)24(33)27-9-8-26-22-6-5-17(13-28-22)20-11-18(21-7-10-31(3)30-21)15-32-23(20)19(12-25)14-29-32/h4-7,10-11,13-16H,1,8-9H2,2-3H3,(H,26,28)(H,27,33). The van der Waals surface area contributed by atoms with Crippen LogP contribution in [-0.2, 0) is 11.8 Å². The van der Waals surface area contributed by atoms with Crippen LogP contribution in [0.25, 0.3) is 27.9 Å². The summed E-state index contributed by atoms with van der Waals surface area (Å²) in [6.45, 7) is 6.45. The van der Waals surface area contributed by atoms with E-state index in [1.165, 1.54) is 0 Å². The highest BCUT2D eigenvalue weighted by Gasteiger charge is 2.15. The van der Waals surface area contributed by atoms with Gasteiger partial charge in [0.25, 0.3) is 0 Å². The SMILES string of the molecule is C=CC(C)C(=O)NCCNc1ccc(-c2cc(-c3ccn(C)n3)cn3ncc(C#N)c23)cn1. The number of nitriles is 1. The number of aromatic nitrogens is 5.